The topological polar surface area (TPSA) is 132 Å². The van der Waals surface area contributed by atoms with Gasteiger partial charge >= 0.3 is 5.91 Å². The number of nitro groups is 1. The number of nitrogens with zero attached hydrogens (tertiary/aromatic N) is 3. The summed E-state index contributed by atoms with van der Waals surface area (Å²) >= 11 is 7.27. The van der Waals surface area contributed by atoms with E-state index in [2.05, 4.69) is 4.98 Å². The number of hydrogen-bond donors (Lipinski definition) is 1. The second-order valence-electron chi connectivity index (χ2n) is 8.48. The molecule has 10 nitrogen and oxygen atoms in total. The van der Waals surface area contributed by atoms with Crippen LogP contribution < -0.4 is 14.4 Å². The summed E-state index contributed by atoms with van der Waals surface area (Å²) in [5.41, 5.74) is 0.858. The first kappa shape index (κ1) is 26.4. The van der Waals surface area contributed by atoms with E-state index in [0.717, 1.165) is 11.3 Å². The maximum Gasteiger partial charge on any atom is 0.301 e. The van der Waals surface area contributed by atoms with Crippen LogP contribution in [0.25, 0.3) is 16.0 Å². The number of aliphatic hydroxyl groups excluding tert-OH is 1. The van der Waals surface area contributed by atoms with E-state index in [1.54, 1.807) is 30.3 Å². The van der Waals surface area contributed by atoms with E-state index in [1.165, 1.54) is 35.2 Å². The summed E-state index contributed by atoms with van der Waals surface area (Å²) in [4.78, 5) is 43.2. The normalized spacial score (nSPS) is 17.8. The van der Waals surface area contributed by atoms with Gasteiger partial charge < -0.3 is 14.6 Å². The molecule has 1 aromatic heterocycles. The summed E-state index contributed by atoms with van der Waals surface area (Å²) in [6, 6.07) is 14.1. The molecule has 13 heteroatoms. The fourth-order valence-electron chi connectivity index (χ4n) is 4.46. The second-order valence-corrected chi connectivity index (χ2v) is 9.93. The van der Waals surface area contributed by atoms with Crippen molar-refractivity contribution in [2.45, 2.75) is 6.04 Å². The first-order valence-electron chi connectivity index (χ1n) is 11.3. The number of carbonyl (C=O) groups excluding carboxylic acids is 2. The average Bonchev–Trinajstić information content (AvgIpc) is 3.45. The van der Waals surface area contributed by atoms with Crippen molar-refractivity contribution >= 4 is 73.8 Å². The van der Waals surface area contributed by atoms with Crippen molar-refractivity contribution in [1.82, 2.24) is 4.98 Å². The third kappa shape index (κ3) is 4.54. The molecule has 1 unspecified atom stereocenters. The van der Waals surface area contributed by atoms with Crippen LogP contribution >= 0.6 is 35.3 Å². The second kappa shape index (κ2) is 10.2. The molecule has 0 aliphatic carbocycles. The zero-order valence-electron chi connectivity index (χ0n) is 19.7. The van der Waals surface area contributed by atoms with Gasteiger partial charge in [0.1, 0.15) is 19.0 Å². The average molecular weight is 586 g/mol. The fraction of sp³-hybridized carbons (Fsp3) is 0.115. The van der Waals surface area contributed by atoms with E-state index in [9.17, 15) is 24.8 Å². The van der Waals surface area contributed by atoms with Crippen molar-refractivity contribution in [3.63, 3.8) is 0 Å². The Hall–Kier alpha value is -4.19. The number of ether oxygens (including phenoxy) is 2. The molecule has 0 spiro atoms. The number of rotatable bonds is 4. The number of fused-ring (bicyclic) bond motifs is 2. The van der Waals surface area contributed by atoms with Gasteiger partial charge in [-0.05, 0) is 54.1 Å². The van der Waals surface area contributed by atoms with E-state index >= 15 is 0 Å². The summed E-state index contributed by atoms with van der Waals surface area (Å²) in [7, 11) is 0. The van der Waals surface area contributed by atoms with E-state index < -0.39 is 28.4 Å². The summed E-state index contributed by atoms with van der Waals surface area (Å²) in [6.07, 6.45) is 0. The Morgan fingerprint density at radius 2 is 1.77 bits per heavy atom. The van der Waals surface area contributed by atoms with E-state index in [1.807, 2.05) is 0 Å². The van der Waals surface area contributed by atoms with Gasteiger partial charge in [0.05, 0.1) is 26.8 Å². The number of nitro benzene ring substituents is 1. The van der Waals surface area contributed by atoms with Crippen molar-refractivity contribution in [1.29, 1.82) is 0 Å². The largest absolute Gasteiger partial charge is 0.507 e. The first-order valence-corrected chi connectivity index (χ1v) is 12.5. The molecule has 1 N–H and O–H groups in total. The van der Waals surface area contributed by atoms with Crippen molar-refractivity contribution in [3.8, 4) is 11.5 Å². The van der Waals surface area contributed by atoms with Gasteiger partial charge in [0.2, 0.25) is 0 Å². The maximum atomic E-state index is 13.4. The van der Waals surface area contributed by atoms with Crippen LogP contribution in [0.5, 0.6) is 11.5 Å². The molecule has 6 rings (SSSR count). The molecule has 0 saturated carbocycles. The highest BCUT2D eigenvalue weighted by atomic mass is 35.5. The number of carbonyl (C=O) groups is 2. The highest BCUT2D eigenvalue weighted by molar-refractivity contribution is 7.22. The number of halogens is 2. The first-order chi connectivity index (χ1) is 18.3. The van der Waals surface area contributed by atoms with Gasteiger partial charge in [-0.1, -0.05) is 22.9 Å². The smallest absolute Gasteiger partial charge is 0.301 e. The Balaban J connectivity index is 0.00000308. The highest BCUT2D eigenvalue weighted by Gasteiger charge is 2.48. The molecule has 198 valence electrons. The van der Waals surface area contributed by atoms with Crippen LogP contribution in [-0.2, 0) is 9.59 Å². The number of anilines is 1. The van der Waals surface area contributed by atoms with Crippen molar-refractivity contribution in [2.24, 2.45) is 0 Å². The molecule has 1 saturated heterocycles. The Bertz CT molecular complexity index is 1690. The Kier molecular flexibility index (Phi) is 6.89. The number of hydrogen-bond acceptors (Lipinski definition) is 9. The molecule has 2 aliphatic rings. The summed E-state index contributed by atoms with van der Waals surface area (Å²) < 4.78 is 11.8. The standard InChI is InChI=1S/C26H16ClN3O7S.ClH/c27-15-4-7-17-20(12-15)38-26(28-17)29-22(13-1-5-16(6-2-13)30(34)35)21(24(32)25(29)33)23(31)14-3-8-18-19(11-14)37-10-9-36-18;/h1-8,11-12,22,31H,9-10H2;1H. The minimum Gasteiger partial charge on any atom is -0.507 e. The molecule has 3 heterocycles. The minimum absolute atomic E-state index is 0. The Labute approximate surface area is 235 Å². The van der Waals surface area contributed by atoms with Crippen LogP contribution in [0.4, 0.5) is 10.8 Å². The van der Waals surface area contributed by atoms with Crippen LogP contribution in [-0.4, -0.2) is 39.9 Å². The van der Waals surface area contributed by atoms with Gasteiger partial charge in [-0.2, -0.15) is 0 Å². The molecule has 3 aromatic carbocycles. The van der Waals surface area contributed by atoms with Crippen LogP contribution in [0.1, 0.15) is 17.2 Å². The third-order valence-electron chi connectivity index (χ3n) is 6.22. The van der Waals surface area contributed by atoms with Gasteiger partial charge in [-0.3, -0.25) is 24.6 Å². The zero-order chi connectivity index (χ0) is 26.6. The monoisotopic (exact) mass is 585 g/mol. The zero-order valence-corrected chi connectivity index (χ0v) is 22.1. The minimum atomic E-state index is -1.10. The number of amides is 1. The lowest BCUT2D eigenvalue weighted by molar-refractivity contribution is -0.384. The van der Waals surface area contributed by atoms with E-state index in [0.29, 0.717) is 45.5 Å². The molecule has 1 fully saturated rings. The molecular formula is C26H17Cl2N3O7S. The number of thiazole rings is 1. The molecule has 1 atom stereocenters. The van der Waals surface area contributed by atoms with Crippen LogP contribution in [0.2, 0.25) is 5.02 Å². The number of aromatic nitrogens is 1. The number of ketones is 1. The van der Waals surface area contributed by atoms with E-state index in [4.69, 9.17) is 21.1 Å². The van der Waals surface area contributed by atoms with Crippen LogP contribution in [0, 0.1) is 10.1 Å². The van der Waals surface area contributed by atoms with Gasteiger partial charge in [-0.15, -0.1) is 12.4 Å². The summed E-state index contributed by atoms with van der Waals surface area (Å²) in [6.45, 7) is 0.711. The molecular weight excluding hydrogens is 569 g/mol. The predicted octanol–water partition coefficient (Wildman–Crippen LogP) is 5.68. The van der Waals surface area contributed by atoms with E-state index in [-0.39, 0.29) is 34.4 Å². The molecule has 0 bridgehead atoms. The van der Waals surface area contributed by atoms with Crippen LogP contribution in [0.15, 0.2) is 66.2 Å². The van der Waals surface area contributed by atoms with Crippen LogP contribution in [0.3, 0.4) is 0 Å². The number of benzene rings is 3. The summed E-state index contributed by atoms with van der Waals surface area (Å²) in [5.74, 6) is -1.34. The lowest BCUT2D eigenvalue weighted by Gasteiger charge is -2.23. The fourth-order valence-corrected chi connectivity index (χ4v) is 5.73. The van der Waals surface area contributed by atoms with Gasteiger partial charge in [0.15, 0.2) is 16.6 Å². The molecule has 1 amide bonds. The quantitative estimate of drug-likeness (QED) is 0.106. The molecule has 2 aliphatic heterocycles. The highest BCUT2D eigenvalue weighted by Crippen LogP contribution is 2.45. The summed E-state index contributed by atoms with van der Waals surface area (Å²) in [5, 5.41) is 23.3. The predicted molar refractivity (Wildman–Crippen MR) is 147 cm³/mol. The maximum absolute atomic E-state index is 13.4. The SMILES string of the molecule is Cl.O=C1C(=O)N(c2nc3ccc(Cl)cc3s2)C(c2ccc([N+](=O)[O-])cc2)C1=C(O)c1ccc2c(c1)OCCO2. The Morgan fingerprint density at radius 1 is 1.05 bits per heavy atom. The van der Waals surface area contributed by atoms with Crippen molar-refractivity contribution in [2.75, 3.05) is 18.1 Å². The lowest BCUT2D eigenvalue weighted by atomic mass is 9.95. The molecule has 0 radical (unpaired) electrons. The van der Waals surface area contributed by atoms with Gasteiger partial charge in [0, 0.05) is 22.7 Å². The number of aliphatic hydroxyl groups is 1. The molecule has 4 aromatic rings. The Morgan fingerprint density at radius 3 is 2.49 bits per heavy atom. The van der Waals surface area contributed by atoms with Gasteiger partial charge in [-0.25, -0.2) is 4.98 Å². The third-order valence-corrected chi connectivity index (χ3v) is 7.48. The van der Waals surface area contributed by atoms with Crippen molar-refractivity contribution < 1.29 is 29.1 Å². The molecule has 39 heavy (non-hydrogen) atoms. The number of non-ortho nitro benzene ring substituents is 1. The lowest BCUT2D eigenvalue weighted by Crippen LogP contribution is -2.29. The van der Waals surface area contributed by atoms with Gasteiger partial charge in [0.25, 0.3) is 11.5 Å². The number of Topliss-reactive ketones (excluding diaryl/α,β-unsaturated/α-hetero) is 1. The van der Waals surface area contributed by atoms with Crippen molar-refractivity contribution in [3.05, 3.63) is 92.5 Å².